The maximum atomic E-state index is 14.3. The Hall–Kier alpha value is -3.29. The van der Waals surface area contributed by atoms with E-state index < -0.39 is 5.67 Å². The van der Waals surface area contributed by atoms with Crippen molar-refractivity contribution in [1.29, 1.82) is 0 Å². The van der Waals surface area contributed by atoms with Crippen LogP contribution in [-0.2, 0) is 12.7 Å². The molecule has 3 rings (SSSR count). The number of nitrogens with zero attached hydrogens (tertiary/aromatic N) is 4. The summed E-state index contributed by atoms with van der Waals surface area (Å²) in [6.07, 6.45) is 0. The third kappa shape index (κ3) is 4.96. The molecule has 1 heterocycles. The third-order valence-corrected chi connectivity index (χ3v) is 4.28. The summed E-state index contributed by atoms with van der Waals surface area (Å²) in [4.78, 5) is 13.8. The summed E-state index contributed by atoms with van der Waals surface area (Å²) >= 11 is 0. The average molecular weight is 396 g/mol. The van der Waals surface area contributed by atoms with Gasteiger partial charge < -0.3 is 10.6 Å². The van der Waals surface area contributed by atoms with Gasteiger partial charge in [0.05, 0.1) is 7.05 Å². The summed E-state index contributed by atoms with van der Waals surface area (Å²) in [6, 6.07) is 12.4. The van der Waals surface area contributed by atoms with Crippen molar-refractivity contribution in [2.45, 2.75) is 39.4 Å². The van der Waals surface area contributed by atoms with E-state index in [1.165, 1.54) is 18.6 Å². The number of nitrogens with one attached hydrogen (secondary N) is 2. The number of rotatable bonds is 6. The molecule has 1 aromatic heterocycles. The van der Waals surface area contributed by atoms with Gasteiger partial charge in [0.1, 0.15) is 5.67 Å². The highest BCUT2D eigenvalue weighted by Gasteiger charge is 2.20. The van der Waals surface area contributed by atoms with Crippen molar-refractivity contribution in [3.8, 4) is 11.4 Å². The molecule has 8 heteroatoms. The van der Waals surface area contributed by atoms with Crippen LogP contribution in [-0.4, -0.2) is 32.2 Å². The molecule has 0 saturated carbocycles. The molecule has 0 bridgehead atoms. The van der Waals surface area contributed by atoms with Crippen molar-refractivity contribution in [2.24, 2.45) is 7.05 Å². The van der Waals surface area contributed by atoms with E-state index in [0.717, 1.165) is 5.69 Å². The normalized spacial score (nSPS) is 11.6. The molecule has 2 aromatic carbocycles. The molecular weight excluding hydrogens is 371 g/mol. The van der Waals surface area contributed by atoms with Crippen LogP contribution in [0.15, 0.2) is 42.5 Å². The Morgan fingerprint density at radius 1 is 1.17 bits per heavy atom. The zero-order valence-corrected chi connectivity index (χ0v) is 17.2. The van der Waals surface area contributed by atoms with Gasteiger partial charge in [-0.3, -0.25) is 4.79 Å². The summed E-state index contributed by atoms with van der Waals surface area (Å²) in [5.74, 6) is 0.203. The molecule has 0 unspecified atom stereocenters. The van der Waals surface area contributed by atoms with E-state index in [9.17, 15) is 9.18 Å². The number of tetrazole rings is 1. The standard InChI is InChI=1S/C21H25FN6O/c1-13(2)23-20(29)14-9-10-18(17(11-14)19-25-27-28(5)26-19)24-16-8-6-7-15(12-16)21(3,4)22/h6-13,24H,1-5H3,(H,23,29). The fraction of sp³-hybridized carbons (Fsp3) is 0.333. The first-order chi connectivity index (χ1) is 13.6. The van der Waals surface area contributed by atoms with Gasteiger partial charge in [-0.2, -0.15) is 4.80 Å². The number of carbonyl (C=O) groups is 1. The first-order valence-electron chi connectivity index (χ1n) is 9.39. The summed E-state index contributed by atoms with van der Waals surface area (Å²) in [6.45, 7) is 6.84. The number of halogens is 1. The summed E-state index contributed by atoms with van der Waals surface area (Å²) < 4.78 is 14.3. The fourth-order valence-electron chi connectivity index (χ4n) is 2.84. The van der Waals surface area contributed by atoms with Crippen LogP contribution in [0.4, 0.5) is 15.8 Å². The molecule has 152 valence electrons. The smallest absolute Gasteiger partial charge is 0.251 e. The molecule has 0 spiro atoms. The van der Waals surface area contributed by atoms with Crippen LogP contribution in [0.3, 0.4) is 0 Å². The maximum absolute atomic E-state index is 14.3. The minimum Gasteiger partial charge on any atom is -0.355 e. The highest BCUT2D eigenvalue weighted by molar-refractivity contribution is 5.97. The number of amides is 1. The van der Waals surface area contributed by atoms with E-state index >= 15 is 0 Å². The third-order valence-electron chi connectivity index (χ3n) is 4.28. The molecular formula is C21H25FN6O. The van der Waals surface area contributed by atoms with Crippen molar-refractivity contribution in [2.75, 3.05) is 5.32 Å². The van der Waals surface area contributed by atoms with Crippen LogP contribution in [0.5, 0.6) is 0 Å². The second-order valence-corrected chi connectivity index (χ2v) is 7.67. The van der Waals surface area contributed by atoms with Gasteiger partial charge in [0.2, 0.25) is 5.82 Å². The summed E-state index contributed by atoms with van der Waals surface area (Å²) in [5, 5.41) is 18.4. The van der Waals surface area contributed by atoms with Gasteiger partial charge in [-0.25, -0.2) is 4.39 Å². The lowest BCUT2D eigenvalue weighted by molar-refractivity contribution is 0.0943. The fourth-order valence-corrected chi connectivity index (χ4v) is 2.84. The van der Waals surface area contributed by atoms with Crippen molar-refractivity contribution in [3.05, 3.63) is 53.6 Å². The molecule has 29 heavy (non-hydrogen) atoms. The Bertz CT molecular complexity index is 1020. The van der Waals surface area contributed by atoms with E-state index in [0.29, 0.717) is 28.2 Å². The molecule has 7 nitrogen and oxygen atoms in total. The monoisotopic (exact) mass is 396 g/mol. The lowest BCUT2D eigenvalue weighted by atomic mass is 9.99. The molecule has 0 radical (unpaired) electrons. The number of aromatic nitrogens is 4. The molecule has 0 aliphatic rings. The molecule has 0 aliphatic carbocycles. The van der Waals surface area contributed by atoms with Crippen LogP contribution >= 0.6 is 0 Å². The quantitative estimate of drug-likeness (QED) is 0.659. The number of hydrogen-bond acceptors (Lipinski definition) is 5. The molecule has 0 fully saturated rings. The predicted octanol–water partition coefficient (Wildman–Crippen LogP) is 3.96. The number of alkyl halides is 1. The van der Waals surface area contributed by atoms with Gasteiger partial charge >= 0.3 is 0 Å². The number of carbonyl (C=O) groups excluding carboxylic acids is 1. The molecule has 3 aromatic rings. The van der Waals surface area contributed by atoms with E-state index in [2.05, 4.69) is 26.0 Å². The second kappa shape index (κ2) is 7.98. The predicted molar refractivity (Wildman–Crippen MR) is 111 cm³/mol. The molecule has 2 N–H and O–H groups in total. The topological polar surface area (TPSA) is 84.7 Å². The van der Waals surface area contributed by atoms with Crippen molar-refractivity contribution in [1.82, 2.24) is 25.5 Å². The van der Waals surface area contributed by atoms with Gasteiger partial charge in [-0.15, -0.1) is 10.2 Å². The van der Waals surface area contributed by atoms with Gasteiger partial charge in [-0.05, 0) is 68.8 Å². The first-order valence-corrected chi connectivity index (χ1v) is 9.39. The first kappa shape index (κ1) is 20.4. The summed E-state index contributed by atoms with van der Waals surface area (Å²) in [5.41, 5.74) is 1.64. The number of benzene rings is 2. The second-order valence-electron chi connectivity index (χ2n) is 7.67. The Balaban J connectivity index is 2.01. The SMILES string of the molecule is CC(C)NC(=O)c1ccc(Nc2cccc(C(C)(C)F)c2)c(-c2nnn(C)n2)c1. The number of anilines is 2. The van der Waals surface area contributed by atoms with Crippen molar-refractivity contribution in [3.63, 3.8) is 0 Å². The van der Waals surface area contributed by atoms with E-state index in [4.69, 9.17) is 0 Å². The minimum atomic E-state index is -1.45. The maximum Gasteiger partial charge on any atom is 0.251 e. The lowest BCUT2D eigenvalue weighted by Crippen LogP contribution is -2.30. The van der Waals surface area contributed by atoms with Crippen LogP contribution in [0, 0.1) is 0 Å². The minimum absolute atomic E-state index is 0.0187. The zero-order chi connectivity index (χ0) is 21.2. The lowest BCUT2D eigenvalue weighted by Gasteiger charge is -2.17. The highest BCUT2D eigenvalue weighted by Crippen LogP contribution is 2.31. The van der Waals surface area contributed by atoms with Gasteiger partial charge in [0.25, 0.3) is 5.91 Å². The van der Waals surface area contributed by atoms with Gasteiger partial charge in [-0.1, -0.05) is 12.1 Å². The number of aryl methyl sites for hydroxylation is 1. The largest absolute Gasteiger partial charge is 0.355 e. The van der Waals surface area contributed by atoms with Gasteiger partial charge in [0.15, 0.2) is 0 Å². The van der Waals surface area contributed by atoms with E-state index in [-0.39, 0.29) is 11.9 Å². The van der Waals surface area contributed by atoms with Crippen molar-refractivity contribution >= 4 is 17.3 Å². The van der Waals surface area contributed by atoms with Crippen LogP contribution in [0.2, 0.25) is 0 Å². The molecule has 0 aliphatic heterocycles. The Morgan fingerprint density at radius 3 is 2.55 bits per heavy atom. The zero-order valence-electron chi connectivity index (χ0n) is 17.2. The van der Waals surface area contributed by atoms with Crippen LogP contribution in [0.25, 0.3) is 11.4 Å². The molecule has 0 saturated heterocycles. The molecule has 0 atom stereocenters. The Labute approximate surface area is 169 Å². The Kier molecular flexibility index (Phi) is 5.63. The van der Waals surface area contributed by atoms with Crippen molar-refractivity contribution < 1.29 is 9.18 Å². The molecule has 1 amide bonds. The Morgan fingerprint density at radius 2 is 1.93 bits per heavy atom. The highest BCUT2D eigenvalue weighted by atomic mass is 19.1. The average Bonchev–Trinajstić information content (AvgIpc) is 3.07. The summed E-state index contributed by atoms with van der Waals surface area (Å²) in [7, 11) is 1.67. The van der Waals surface area contributed by atoms with Crippen LogP contribution in [0.1, 0.15) is 43.6 Å². The van der Waals surface area contributed by atoms with Crippen LogP contribution < -0.4 is 10.6 Å². The number of hydrogen-bond donors (Lipinski definition) is 2. The van der Waals surface area contributed by atoms with E-state index in [1.54, 1.807) is 43.4 Å². The van der Waals surface area contributed by atoms with E-state index in [1.807, 2.05) is 19.9 Å². The van der Waals surface area contributed by atoms with Gasteiger partial charge in [0, 0.05) is 28.5 Å².